The highest BCUT2D eigenvalue weighted by atomic mass is 35.5. The van der Waals surface area contributed by atoms with Gasteiger partial charge in [0.2, 0.25) is 0 Å². The van der Waals surface area contributed by atoms with Crippen molar-refractivity contribution in [3.05, 3.63) is 56.8 Å². The molecule has 2 aromatic carbocycles. The first-order chi connectivity index (χ1) is 9.01. The lowest BCUT2D eigenvalue weighted by Crippen LogP contribution is -1.95. The van der Waals surface area contributed by atoms with Gasteiger partial charge in [0.05, 0.1) is 38.1 Å². The van der Waals surface area contributed by atoms with Gasteiger partial charge in [-0.15, -0.1) is 0 Å². The van der Waals surface area contributed by atoms with Crippen LogP contribution in [0.1, 0.15) is 5.56 Å². The molecule has 2 nitrogen and oxygen atoms in total. The third-order valence-corrected chi connectivity index (χ3v) is 3.41. The van der Waals surface area contributed by atoms with Gasteiger partial charge in [0.25, 0.3) is 0 Å². The van der Waals surface area contributed by atoms with E-state index in [1.807, 2.05) is 6.07 Å². The van der Waals surface area contributed by atoms with Crippen molar-refractivity contribution in [3.8, 4) is 6.07 Å². The Morgan fingerprint density at radius 3 is 2.26 bits per heavy atom. The lowest BCUT2D eigenvalue weighted by atomic mass is 10.2. The van der Waals surface area contributed by atoms with Gasteiger partial charge in [0.1, 0.15) is 5.82 Å². The third kappa shape index (κ3) is 3.10. The van der Waals surface area contributed by atoms with E-state index in [0.717, 1.165) is 6.07 Å². The molecule has 0 aromatic heterocycles. The summed E-state index contributed by atoms with van der Waals surface area (Å²) in [5.74, 6) is -0.554. The van der Waals surface area contributed by atoms with Gasteiger partial charge in [-0.3, -0.25) is 0 Å². The second-order valence-electron chi connectivity index (χ2n) is 3.68. The highest BCUT2D eigenvalue weighted by Crippen LogP contribution is 2.34. The Bertz CT molecular complexity index is 680. The van der Waals surface area contributed by atoms with Crippen LogP contribution in [0.15, 0.2) is 30.3 Å². The Morgan fingerprint density at radius 1 is 0.947 bits per heavy atom. The van der Waals surface area contributed by atoms with Gasteiger partial charge >= 0.3 is 0 Å². The zero-order valence-corrected chi connectivity index (χ0v) is 11.6. The summed E-state index contributed by atoms with van der Waals surface area (Å²) in [7, 11) is 0. The standard InChI is InChI=1S/C13H6Cl3FN2/c14-8-4-10(16)13(5-9(8)15)19-12-2-1-7(6-18)3-11(12)17/h1-5,19H. The maximum atomic E-state index is 13.7. The van der Waals surface area contributed by atoms with Crippen LogP contribution in [0.3, 0.4) is 0 Å². The van der Waals surface area contributed by atoms with Crippen molar-refractivity contribution in [2.75, 3.05) is 5.32 Å². The lowest BCUT2D eigenvalue weighted by molar-refractivity contribution is 0.631. The zero-order chi connectivity index (χ0) is 14.0. The van der Waals surface area contributed by atoms with Crippen LogP contribution >= 0.6 is 34.8 Å². The summed E-state index contributed by atoms with van der Waals surface area (Å²) in [4.78, 5) is 0. The van der Waals surface area contributed by atoms with Crippen LogP contribution in [-0.2, 0) is 0 Å². The molecule has 0 atom stereocenters. The fraction of sp³-hybridized carbons (Fsp3) is 0. The van der Waals surface area contributed by atoms with E-state index in [0.29, 0.717) is 20.8 Å². The molecular formula is C13H6Cl3FN2. The lowest BCUT2D eigenvalue weighted by Gasteiger charge is -2.10. The Morgan fingerprint density at radius 2 is 1.63 bits per heavy atom. The summed E-state index contributed by atoms with van der Waals surface area (Å²) in [5.41, 5.74) is 0.863. The number of benzene rings is 2. The summed E-state index contributed by atoms with van der Waals surface area (Å²) < 4.78 is 13.7. The van der Waals surface area contributed by atoms with Crippen molar-refractivity contribution in [2.45, 2.75) is 0 Å². The third-order valence-electron chi connectivity index (χ3n) is 2.38. The molecule has 0 fully saturated rings. The Balaban J connectivity index is 2.37. The number of rotatable bonds is 2. The number of nitrogens with one attached hydrogen (secondary N) is 1. The summed E-state index contributed by atoms with van der Waals surface area (Å²) in [6, 6.07) is 8.91. The largest absolute Gasteiger partial charge is 0.352 e. The van der Waals surface area contributed by atoms with Crippen molar-refractivity contribution < 1.29 is 4.39 Å². The second kappa shape index (κ2) is 5.66. The number of halogens is 4. The molecule has 2 aromatic rings. The van der Waals surface area contributed by atoms with Crippen molar-refractivity contribution in [1.29, 1.82) is 5.26 Å². The Kier molecular flexibility index (Phi) is 4.16. The van der Waals surface area contributed by atoms with Gasteiger partial charge in [-0.2, -0.15) is 5.26 Å². The van der Waals surface area contributed by atoms with E-state index in [-0.39, 0.29) is 11.3 Å². The minimum atomic E-state index is -0.554. The molecule has 19 heavy (non-hydrogen) atoms. The summed E-state index contributed by atoms with van der Waals surface area (Å²) in [5, 5.41) is 12.4. The summed E-state index contributed by atoms with van der Waals surface area (Å²) in [6.07, 6.45) is 0. The SMILES string of the molecule is N#Cc1ccc(Nc2cc(Cl)c(Cl)cc2Cl)c(F)c1. The van der Waals surface area contributed by atoms with E-state index in [9.17, 15) is 4.39 Å². The molecule has 6 heteroatoms. The minimum absolute atomic E-state index is 0.194. The molecule has 96 valence electrons. The van der Waals surface area contributed by atoms with Crippen LogP contribution in [-0.4, -0.2) is 0 Å². The zero-order valence-electron chi connectivity index (χ0n) is 9.35. The first-order valence-electron chi connectivity index (χ1n) is 5.12. The van der Waals surface area contributed by atoms with Crippen molar-refractivity contribution in [2.24, 2.45) is 0 Å². The monoisotopic (exact) mass is 314 g/mol. The molecule has 0 bridgehead atoms. The molecular weight excluding hydrogens is 310 g/mol. The van der Waals surface area contributed by atoms with Gasteiger partial charge in [0, 0.05) is 0 Å². The maximum Gasteiger partial charge on any atom is 0.147 e. The van der Waals surface area contributed by atoms with Crippen molar-refractivity contribution >= 4 is 46.2 Å². The highest BCUT2D eigenvalue weighted by Gasteiger charge is 2.09. The van der Waals surface area contributed by atoms with Crippen LogP contribution in [0, 0.1) is 17.1 Å². The average Bonchev–Trinajstić information content (AvgIpc) is 2.38. The number of anilines is 2. The molecule has 0 spiro atoms. The molecule has 0 aliphatic heterocycles. The second-order valence-corrected chi connectivity index (χ2v) is 4.90. The Hall–Kier alpha value is -1.47. The maximum absolute atomic E-state index is 13.7. The van der Waals surface area contributed by atoms with Crippen LogP contribution < -0.4 is 5.32 Å². The quantitative estimate of drug-likeness (QED) is 0.753. The normalized spacial score (nSPS) is 10.1. The fourth-order valence-corrected chi connectivity index (χ4v) is 2.04. The van der Waals surface area contributed by atoms with E-state index in [1.165, 1.54) is 24.3 Å². The average molecular weight is 316 g/mol. The Labute approximate surface area is 124 Å². The summed E-state index contributed by atoms with van der Waals surface area (Å²) in [6.45, 7) is 0. The molecule has 0 saturated heterocycles. The van der Waals surface area contributed by atoms with E-state index in [1.54, 1.807) is 0 Å². The first kappa shape index (κ1) is 14.0. The first-order valence-corrected chi connectivity index (χ1v) is 6.26. The van der Waals surface area contributed by atoms with Crippen LogP contribution in [0.25, 0.3) is 0 Å². The topological polar surface area (TPSA) is 35.8 Å². The van der Waals surface area contributed by atoms with E-state index < -0.39 is 5.82 Å². The van der Waals surface area contributed by atoms with Gasteiger partial charge < -0.3 is 5.32 Å². The molecule has 0 radical (unpaired) electrons. The molecule has 2 rings (SSSR count). The van der Waals surface area contributed by atoms with E-state index >= 15 is 0 Å². The predicted molar refractivity (Wildman–Crippen MR) is 75.9 cm³/mol. The van der Waals surface area contributed by atoms with Gasteiger partial charge in [-0.05, 0) is 30.3 Å². The highest BCUT2D eigenvalue weighted by molar-refractivity contribution is 6.44. The predicted octanol–water partition coefficient (Wildman–Crippen LogP) is 5.40. The van der Waals surface area contributed by atoms with Gasteiger partial charge in [-0.1, -0.05) is 34.8 Å². The number of nitrogens with zero attached hydrogens (tertiary/aromatic N) is 1. The molecule has 0 unspecified atom stereocenters. The smallest absolute Gasteiger partial charge is 0.147 e. The number of hydrogen-bond acceptors (Lipinski definition) is 2. The van der Waals surface area contributed by atoms with Crippen LogP contribution in [0.5, 0.6) is 0 Å². The van der Waals surface area contributed by atoms with Crippen LogP contribution in [0.2, 0.25) is 15.1 Å². The number of hydrogen-bond donors (Lipinski definition) is 1. The molecule has 0 aliphatic rings. The van der Waals surface area contributed by atoms with Gasteiger partial charge in [-0.25, -0.2) is 4.39 Å². The van der Waals surface area contributed by atoms with Crippen molar-refractivity contribution in [1.82, 2.24) is 0 Å². The summed E-state index contributed by atoms with van der Waals surface area (Å²) >= 11 is 17.7. The molecule has 0 heterocycles. The molecule has 0 saturated carbocycles. The molecule has 0 amide bonds. The van der Waals surface area contributed by atoms with Crippen molar-refractivity contribution in [3.63, 3.8) is 0 Å². The van der Waals surface area contributed by atoms with E-state index in [4.69, 9.17) is 40.1 Å². The molecule has 1 N–H and O–H groups in total. The molecule has 0 aliphatic carbocycles. The fourth-order valence-electron chi connectivity index (χ4n) is 1.45. The van der Waals surface area contributed by atoms with Crippen LogP contribution in [0.4, 0.5) is 15.8 Å². The van der Waals surface area contributed by atoms with E-state index in [2.05, 4.69) is 5.32 Å². The van der Waals surface area contributed by atoms with Gasteiger partial charge in [0.15, 0.2) is 0 Å². The number of nitriles is 1. The minimum Gasteiger partial charge on any atom is -0.352 e.